The van der Waals surface area contributed by atoms with Gasteiger partial charge in [0.25, 0.3) is 0 Å². The lowest BCUT2D eigenvalue weighted by molar-refractivity contribution is 0.252. The molecular weight excluding hydrogens is 541 g/mol. The average molecular weight is 570 g/mol. The highest BCUT2D eigenvalue weighted by molar-refractivity contribution is 6.18. The zero-order valence-electron chi connectivity index (χ0n) is 23.7. The second-order valence-corrected chi connectivity index (χ2v) is 10.6. The van der Waals surface area contributed by atoms with Crippen LogP contribution in [0.5, 0.6) is 11.6 Å². The van der Waals surface area contributed by atoms with Gasteiger partial charge >= 0.3 is 0 Å². The first kappa shape index (κ1) is 26.5. The molecule has 3 aromatic heterocycles. The van der Waals surface area contributed by atoms with Crippen LogP contribution in [0.3, 0.4) is 0 Å². The summed E-state index contributed by atoms with van der Waals surface area (Å²) in [7, 11) is 0. The third-order valence-corrected chi connectivity index (χ3v) is 7.83. The fraction of sp³-hybridized carbons (Fsp3) is 0.111. The Kier molecular flexibility index (Phi) is 6.62. The summed E-state index contributed by atoms with van der Waals surface area (Å²) in [6.07, 6.45) is 3.17. The van der Waals surface area contributed by atoms with Crippen molar-refractivity contribution >= 4 is 21.7 Å². The van der Waals surface area contributed by atoms with E-state index in [0.29, 0.717) is 29.0 Å². The molecule has 0 aliphatic heterocycles. The second-order valence-electron chi connectivity index (χ2n) is 10.6. The zero-order valence-corrected chi connectivity index (χ0v) is 23.7. The van der Waals surface area contributed by atoms with Gasteiger partial charge in [0.05, 0.1) is 17.6 Å². The van der Waals surface area contributed by atoms with E-state index >= 15 is 0 Å². The number of aromatic hydroxyl groups is 1. The van der Waals surface area contributed by atoms with Crippen LogP contribution in [0.2, 0.25) is 0 Å². The van der Waals surface area contributed by atoms with Crippen molar-refractivity contribution in [1.82, 2.24) is 14.7 Å². The Balaban J connectivity index is 1.53. The predicted molar refractivity (Wildman–Crippen MR) is 165 cm³/mol. The molecule has 7 rings (SSSR count). The number of ether oxygens (including phenoxy) is 1. The van der Waals surface area contributed by atoms with Crippen molar-refractivity contribution in [3.05, 3.63) is 143 Å². The number of rotatable bonds is 7. The Labute approximate surface area is 247 Å². The second kappa shape index (κ2) is 10.8. The summed E-state index contributed by atoms with van der Waals surface area (Å²) in [5.41, 5.74) is 5.80. The van der Waals surface area contributed by atoms with Gasteiger partial charge in [-0.1, -0.05) is 84.0 Å². The van der Waals surface area contributed by atoms with Crippen molar-refractivity contribution in [2.45, 2.75) is 26.5 Å². The van der Waals surface area contributed by atoms with E-state index in [0.717, 1.165) is 44.3 Å². The Morgan fingerprint density at radius 2 is 1.51 bits per heavy atom. The topological polar surface area (TPSA) is 73.3 Å². The SMILES string of the molecule is Cc1noc(C)c1-c1c2cccnc2c(OC(c2ccccc2)c2ccccc2)c2c(O)n(Cc3ccc(F)cc3)cc12. The van der Waals surface area contributed by atoms with Crippen molar-refractivity contribution in [3.8, 4) is 22.8 Å². The molecule has 1 N–H and O–H groups in total. The summed E-state index contributed by atoms with van der Waals surface area (Å²) in [6, 6.07) is 30.2. The monoisotopic (exact) mass is 569 g/mol. The van der Waals surface area contributed by atoms with Gasteiger partial charge in [-0.05, 0) is 48.7 Å². The van der Waals surface area contributed by atoms with Gasteiger partial charge in [0.2, 0.25) is 5.88 Å². The normalized spacial score (nSPS) is 11.5. The maximum Gasteiger partial charge on any atom is 0.203 e. The number of nitrogens with zero attached hydrogens (tertiary/aromatic N) is 3. The summed E-state index contributed by atoms with van der Waals surface area (Å²) < 4.78 is 28.0. The van der Waals surface area contributed by atoms with Gasteiger partial charge < -0.3 is 18.9 Å². The molecule has 43 heavy (non-hydrogen) atoms. The molecule has 7 aromatic rings. The lowest BCUT2D eigenvalue weighted by Crippen LogP contribution is -2.10. The summed E-state index contributed by atoms with van der Waals surface area (Å²) in [5, 5.41) is 18.3. The maximum absolute atomic E-state index is 13.7. The van der Waals surface area contributed by atoms with E-state index in [9.17, 15) is 9.50 Å². The van der Waals surface area contributed by atoms with Crippen LogP contribution in [0.15, 0.2) is 114 Å². The third kappa shape index (κ3) is 4.69. The highest BCUT2D eigenvalue weighted by Crippen LogP contribution is 2.49. The van der Waals surface area contributed by atoms with Crippen molar-refractivity contribution in [1.29, 1.82) is 0 Å². The Hall–Kier alpha value is -5.43. The molecule has 0 saturated heterocycles. The van der Waals surface area contributed by atoms with E-state index < -0.39 is 6.10 Å². The molecule has 0 atom stereocenters. The summed E-state index contributed by atoms with van der Waals surface area (Å²) in [6.45, 7) is 4.11. The molecule has 0 saturated carbocycles. The first-order valence-corrected chi connectivity index (χ1v) is 14.1. The van der Waals surface area contributed by atoms with Crippen molar-refractivity contribution in [2.24, 2.45) is 0 Å². The smallest absolute Gasteiger partial charge is 0.203 e. The quantitative estimate of drug-likeness (QED) is 0.208. The zero-order chi connectivity index (χ0) is 29.5. The van der Waals surface area contributed by atoms with E-state index in [1.807, 2.05) is 92.8 Å². The maximum atomic E-state index is 13.7. The van der Waals surface area contributed by atoms with Crippen LogP contribution in [0, 0.1) is 19.7 Å². The largest absolute Gasteiger partial charge is 0.494 e. The molecule has 0 amide bonds. The number of pyridine rings is 1. The van der Waals surface area contributed by atoms with Gasteiger partial charge in [0.15, 0.2) is 5.75 Å². The Morgan fingerprint density at radius 3 is 2.14 bits per heavy atom. The molecule has 0 fully saturated rings. The lowest BCUT2D eigenvalue weighted by Gasteiger charge is -2.22. The minimum Gasteiger partial charge on any atom is -0.494 e. The fourth-order valence-corrected chi connectivity index (χ4v) is 5.84. The van der Waals surface area contributed by atoms with E-state index in [2.05, 4.69) is 5.16 Å². The van der Waals surface area contributed by atoms with Crippen LogP contribution in [0.25, 0.3) is 32.8 Å². The van der Waals surface area contributed by atoms with Gasteiger partial charge in [-0.25, -0.2) is 4.39 Å². The standard InChI is InChI=1S/C36H28FN3O3/c1-22-30(23(2)43-39-22)31-28-14-9-19-38-33(28)35(42-34(25-10-5-3-6-11-25)26-12-7-4-8-13-26)32-29(31)21-40(36(32)41)20-24-15-17-27(37)18-16-24/h3-19,21,34,41H,20H2,1-2H3. The number of hydrogen-bond acceptors (Lipinski definition) is 5. The van der Waals surface area contributed by atoms with Crippen LogP contribution < -0.4 is 4.74 Å². The number of benzene rings is 4. The molecule has 0 aliphatic carbocycles. The Bertz CT molecular complexity index is 2010. The molecule has 0 radical (unpaired) electrons. The molecule has 0 aliphatic rings. The van der Waals surface area contributed by atoms with Crippen molar-refractivity contribution in [3.63, 3.8) is 0 Å². The molecule has 4 aromatic carbocycles. The first-order valence-electron chi connectivity index (χ1n) is 14.1. The molecule has 7 heteroatoms. The van der Waals surface area contributed by atoms with E-state index in [4.69, 9.17) is 14.2 Å². The van der Waals surface area contributed by atoms with Crippen molar-refractivity contribution < 1.29 is 18.8 Å². The molecule has 3 heterocycles. The van der Waals surface area contributed by atoms with E-state index in [1.54, 1.807) is 22.9 Å². The van der Waals surface area contributed by atoms with Crippen LogP contribution in [0.4, 0.5) is 4.39 Å². The predicted octanol–water partition coefficient (Wildman–Crippen LogP) is 8.52. The van der Waals surface area contributed by atoms with Gasteiger partial charge in [-0.15, -0.1) is 0 Å². The number of aryl methyl sites for hydroxylation is 2. The minimum absolute atomic E-state index is 0.0229. The molecular formula is C36H28FN3O3. The number of hydrogen-bond donors (Lipinski definition) is 1. The molecule has 212 valence electrons. The van der Waals surface area contributed by atoms with Gasteiger partial charge in [-0.2, -0.15) is 0 Å². The number of aromatic nitrogens is 3. The molecule has 6 nitrogen and oxygen atoms in total. The summed E-state index contributed by atoms with van der Waals surface area (Å²) in [5.74, 6) is 0.839. The Morgan fingerprint density at radius 1 is 0.837 bits per heavy atom. The summed E-state index contributed by atoms with van der Waals surface area (Å²) in [4.78, 5) is 4.81. The van der Waals surface area contributed by atoms with Crippen LogP contribution in [0.1, 0.15) is 34.2 Å². The highest BCUT2D eigenvalue weighted by atomic mass is 19.1. The molecule has 0 unspecified atom stereocenters. The first-order chi connectivity index (χ1) is 21.0. The molecule has 0 spiro atoms. The van der Waals surface area contributed by atoms with Crippen LogP contribution >= 0.6 is 0 Å². The highest BCUT2D eigenvalue weighted by Gasteiger charge is 2.28. The van der Waals surface area contributed by atoms with E-state index in [1.165, 1.54) is 12.1 Å². The van der Waals surface area contributed by atoms with Crippen LogP contribution in [-0.2, 0) is 6.54 Å². The van der Waals surface area contributed by atoms with Gasteiger partial charge in [0.1, 0.15) is 23.2 Å². The van der Waals surface area contributed by atoms with Crippen LogP contribution in [-0.4, -0.2) is 19.8 Å². The fourth-order valence-electron chi connectivity index (χ4n) is 5.84. The minimum atomic E-state index is -0.472. The lowest BCUT2D eigenvalue weighted by atomic mass is 9.94. The molecule has 0 bridgehead atoms. The van der Waals surface area contributed by atoms with Crippen molar-refractivity contribution in [2.75, 3.05) is 0 Å². The summed E-state index contributed by atoms with van der Waals surface area (Å²) >= 11 is 0. The third-order valence-electron chi connectivity index (χ3n) is 7.83. The van der Waals surface area contributed by atoms with E-state index in [-0.39, 0.29) is 11.7 Å². The average Bonchev–Trinajstić information content (AvgIpc) is 3.54. The van der Waals surface area contributed by atoms with Gasteiger partial charge in [-0.3, -0.25) is 4.98 Å². The van der Waals surface area contributed by atoms with Gasteiger partial charge in [0, 0.05) is 34.3 Å². The number of halogens is 1. The number of fused-ring (bicyclic) bond motifs is 2.